The van der Waals surface area contributed by atoms with Gasteiger partial charge in [-0.1, -0.05) is 48.0 Å². The van der Waals surface area contributed by atoms with E-state index in [1.807, 2.05) is 30.3 Å². The molecular formula is C21H16ClNO5. The number of esters is 1. The van der Waals surface area contributed by atoms with E-state index in [0.29, 0.717) is 17.9 Å². The lowest BCUT2D eigenvalue weighted by atomic mass is 10.1. The maximum Gasteiger partial charge on any atom is 0.311 e. The summed E-state index contributed by atoms with van der Waals surface area (Å²) in [4.78, 5) is 22.3. The number of nitro benzene ring substituents is 1. The average molecular weight is 398 g/mol. The van der Waals surface area contributed by atoms with Crippen LogP contribution in [0.4, 0.5) is 5.69 Å². The summed E-state index contributed by atoms with van der Waals surface area (Å²) in [5.74, 6) is 0.645. The van der Waals surface area contributed by atoms with Gasteiger partial charge in [-0.05, 0) is 30.2 Å². The second kappa shape index (κ2) is 9.01. The number of rotatable bonds is 7. The van der Waals surface area contributed by atoms with Crippen LogP contribution in [0.15, 0.2) is 72.8 Å². The maximum atomic E-state index is 12.1. The largest absolute Gasteiger partial charge is 0.456 e. The van der Waals surface area contributed by atoms with E-state index in [-0.39, 0.29) is 28.8 Å². The highest BCUT2D eigenvalue weighted by atomic mass is 35.5. The second-order valence-electron chi connectivity index (χ2n) is 5.91. The molecule has 28 heavy (non-hydrogen) atoms. The Morgan fingerprint density at radius 1 is 0.964 bits per heavy atom. The molecule has 0 aromatic heterocycles. The van der Waals surface area contributed by atoms with Crippen molar-refractivity contribution >= 4 is 23.3 Å². The van der Waals surface area contributed by atoms with Gasteiger partial charge in [-0.15, -0.1) is 0 Å². The van der Waals surface area contributed by atoms with Gasteiger partial charge < -0.3 is 9.47 Å². The molecule has 0 aliphatic rings. The molecule has 0 aliphatic carbocycles. The summed E-state index contributed by atoms with van der Waals surface area (Å²) in [6.07, 6.45) is 0.845. The number of benzene rings is 3. The number of aryl methyl sites for hydroxylation is 1. The fourth-order valence-corrected chi connectivity index (χ4v) is 2.70. The quantitative estimate of drug-likeness (QED) is 0.225. The highest BCUT2D eigenvalue weighted by Crippen LogP contribution is 2.33. The minimum absolute atomic E-state index is 0.111. The van der Waals surface area contributed by atoms with Crippen molar-refractivity contribution in [3.05, 3.63) is 93.5 Å². The van der Waals surface area contributed by atoms with Crippen LogP contribution in [-0.2, 0) is 11.2 Å². The van der Waals surface area contributed by atoms with E-state index in [9.17, 15) is 14.9 Å². The van der Waals surface area contributed by atoms with Crippen molar-refractivity contribution in [1.29, 1.82) is 0 Å². The number of halogens is 1. The van der Waals surface area contributed by atoms with Crippen molar-refractivity contribution in [3.63, 3.8) is 0 Å². The molecule has 3 aromatic carbocycles. The van der Waals surface area contributed by atoms with Crippen LogP contribution in [0.2, 0.25) is 5.02 Å². The predicted molar refractivity (Wildman–Crippen MR) is 105 cm³/mol. The summed E-state index contributed by atoms with van der Waals surface area (Å²) in [7, 11) is 0. The van der Waals surface area contributed by atoms with Crippen LogP contribution in [0.1, 0.15) is 12.0 Å². The zero-order valence-electron chi connectivity index (χ0n) is 14.7. The summed E-state index contributed by atoms with van der Waals surface area (Å²) in [5, 5.41) is 10.9. The van der Waals surface area contributed by atoms with Gasteiger partial charge in [-0.3, -0.25) is 14.9 Å². The number of hydrogen-bond acceptors (Lipinski definition) is 5. The first-order valence-electron chi connectivity index (χ1n) is 8.48. The van der Waals surface area contributed by atoms with Gasteiger partial charge in [-0.2, -0.15) is 0 Å². The first kappa shape index (κ1) is 19.4. The number of non-ortho nitro benzene ring substituents is 1. The van der Waals surface area contributed by atoms with E-state index < -0.39 is 4.92 Å². The molecule has 6 nitrogen and oxygen atoms in total. The smallest absolute Gasteiger partial charge is 0.311 e. The minimum atomic E-state index is -0.537. The van der Waals surface area contributed by atoms with Gasteiger partial charge in [0.2, 0.25) is 0 Å². The fourth-order valence-electron chi connectivity index (χ4n) is 2.49. The van der Waals surface area contributed by atoms with E-state index >= 15 is 0 Å². The summed E-state index contributed by atoms with van der Waals surface area (Å²) < 4.78 is 11.0. The van der Waals surface area contributed by atoms with Crippen molar-refractivity contribution in [2.75, 3.05) is 0 Å². The summed E-state index contributed by atoms with van der Waals surface area (Å²) in [6, 6.07) is 20.1. The van der Waals surface area contributed by atoms with Crippen LogP contribution in [0.25, 0.3) is 0 Å². The number of nitrogens with zero attached hydrogens (tertiary/aromatic N) is 1. The first-order valence-corrected chi connectivity index (χ1v) is 8.85. The van der Waals surface area contributed by atoms with Crippen LogP contribution in [-0.4, -0.2) is 10.9 Å². The fraction of sp³-hybridized carbons (Fsp3) is 0.0952. The topological polar surface area (TPSA) is 78.7 Å². The standard InChI is InChI=1S/C21H16ClNO5/c22-19-13-16(23(25)26)10-11-20(19)27-17-7-4-8-18(14-17)28-21(24)12-9-15-5-2-1-3-6-15/h1-8,10-11,13-14H,9,12H2. The summed E-state index contributed by atoms with van der Waals surface area (Å²) in [6.45, 7) is 0. The first-order chi connectivity index (χ1) is 13.5. The van der Waals surface area contributed by atoms with Crippen LogP contribution < -0.4 is 9.47 Å². The number of carbonyl (C=O) groups is 1. The Bertz CT molecular complexity index is 991. The Labute approximate surface area is 166 Å². The third kappa shape index (κ3) is 5.31. The van der Waals surface area contributed by atoms with E-state index in [0.717, 1.165) is 5.56 Å². The molecule has 0 saturated carbocycles. The van der Waals surface area contributed by atoms with Gasteiger partial charge in [-0.25, -0.2) is 0 Å². The third-order valence-electron chi connectivity index (χ3n) is 3.85. The Morgan fingerprint density at radius 2 is 1.71 bits per heavy atom. The van der Waals surface area contributed by atoms with Crippen molar-refractivity contribution < 1.29 is 19.2 Å². The zero-order chi connectivity index (χ0) is 19.9. The van der Waals surface area contributed by atoms with Crippen molar-refractivity contribution in [2.24, 2.45) is 0 Å². The molecule has 7 heteroatoms. The number of ether oxygens (including phenoxy) is 2. The van der Waals surface area contributed by atoms with Gasteiger partial charge in [0, 0.05) is 24.6 Å². The summed E-state index contributed by atoms with van der Waals surface area (Å²) in [5.41, 5.74) is 0.933. The molecule has 0 N–H and O–H groups in total. The predicted octanol–water partition coefficient (Wildman–Crippen LogP) is 5.58. The molecule has 142 valence electrons. The molecule has 0 unspecified atom stereocenters. The molecule has 3 rings (SSSR count). The lowest BCUT2D eigenvalue weighted by molar-refractivity contribution is -0.384. The Morgan fingerprint density at radius 3 is 2.43 bits per heavy atom. The van der Waals surface area contributed by atoms with Crippen molar-refractivity contribution in [2.45, 2.75) is 12.8 Å². The van der Waals surface area contributed by atoms with Crippen LogP contribution in [0.3, 0.4) is 0 Å². The van der Waals surface area contributed by atoms with Crippen LogP contribution in [0, 0.1) is 10.1 Å². The van der Waals surface area contributed by atoms with Crippen molar-refractivity contribution in [3.8, 4) is 17.2 Å². The molecular weight excluding hydrogens is 382 g/mol. The second-order valence-corrected chi connectivity index (χ2v) is 6.32. The minimum Gasteiger partial charge on any atom is -0.456 e. The Balaban J connectivity index is 1.62. The molecule has 0 fully saturated rings. The normalized spacial score (nSPS) is 10.3. The lowest BCUT2D eigenvalue weighted by Crippen LogP contribution is -2.09. The van der Waals surface area contributed by atoms with E-state index in [1.165, 1.54) is 18.2 Å². The number of hydrogen-bond donors (Lipinski definition) is 0. The Hall–Kier alpha value is -3.38. The average Bonchev–Trinajstić information content (AvgIpc) is 2.69. The third-order valence-corrected chi connectivity index (χ3v) is 4.15. The van der Waals surface area contributed by atoms with Crippen LogP contribution >= 0.6 is 11.6 Å². The SMILES string of the molecule is O=C(CCc1ccccc1)Oc1cccc(Oc2ccc([N+](=O)[O-])cc2Cl)c1. The molecule has 0 saturated heterocycles. The van der Waals surface area contributed by atoms with Gasteiger partial charge in [0.25, 0.3) is 5.69 Å². The van der Waals surface area contributed by atoms with Gasteiger partial charge >= 0.3 is 5.97 Å². The van der Waals surface area contributed by atoms with Gasteiger partial charge in [0.1, 0.15) is 17.2 Å². The highest BCUT2D eigenvalue weighted by molar-refractivity contribution is 6.32. The molecule has 0 radical (unpaired) electrons. The van der Waals surface area contributed by atoms with Gasteiger partial charge in [0.05, 0.1) is 9.95 Å². The molecule has 0 spiro atoms. The number of carbonyl (C=O) groups excluding carboxylic acids is 1. The maximum absolute atomic E-state index is 12.1. The summed E-state index contributed by atoms with van der Waals surface area (Å²) >= 11 is 6.03. The molecule has 0 amide bonds. The number of nitro groups is 1. The molecule has 0 heterocycles. The van der Waals surface area contributed by atoms with E-state index in [1.54, 1.807) is 24.3 Å². The van der Waals surface area contributed by atoms with E-state index in [2.05, 4.69) is 0 Å². The van der Waals surface area contributed by atoms with Crippen molar-refractivity contribution in [1.82, 2.24) is 0 Å². The van der Waals surface area contributed by atoms with Crippen LogP contribution in [0.5, 0.6) is 17.2 Å². The molecule has 0 bridgehead atoms. The monoisotopic (exact) mass is 397 g/mol. The Kier molecular flexibility index (Phi) is 6.24. The van der Waals surface area contributed by atoms with E-state index in [4.69, 9.17) is 21.1 Å². The lowest BCUT2D eigenvalue weighted by Gasteiger charge is -2.09. The zero-order valence-corrected chi connectivity index (χ0v) is 15.5. The molecule has 0 atom stereocenters. The highest BCUT2D eigenvalue weighted by Gasteiger charge is 2.12. The molecule has 3 aromatic rings. The van der Waals surface area contributed by atoms with Gasteiger partial charge in [0.15, 0.2) is 0 Å². The molecule has 0 aliphatic heterocycles.